The zero-order valence-corrected chi connectivity index (χ0v) is 15.9. The van der Waals surface area contributed by atoms with E-state index in [0.29, 0.717) is 34.0 Å². The highest BCUT2D eigenvalue weighted by Crippen LogP contribution is 2.36. The molecule has 0 atom stereocenters. The molecule has 138 valence electrons. The Morgan fingerprint density at radius 1 is 1.11 bits per heavy atom. The van der Waals surface area contributed by atoms with E-state index in [2.05, 4.69) is 5.32 Å². The lowest BCUT2D eigenvalue weighted by Gasteiger charge is -2.08. The van der Waals surface area contributed by atoms with Crippen LogP contribution in [0.5, 0.6) is 5.75 Å². The number of carbonyl (C=O) groups is 2. The first-order valence-corrected chi connectivity index (χ1v) is 9.35. The molecule has 0 aliphatic carbocycles. The van der Waals surface area contributed by atoms with Gasteiger partial charge in [0.25, 0.3) is 5.91 Å². The first-order valence-electron chi connectivity index (χ1n) is 8.53. The summed E-state index contributed by atoms with van der Waals surface area (Å²) in [7, 11) is 0. The molecule has 0 aliphatic rings. The lowest BCUT2D eigenvalue weighted by atomic mass is 10.1. The Kier molecular flexibility index (Phi) is 5.57. The third kappa shape index (κ3) is 4.17. The summed E-state index contributed by atoms with van der Waals surface area (Å²) in [5.41, 5.74) is 8.10. The SMILES string of the molecule is CCOc1cc(-c2ccccc2)sc1C(=O)Nc1ccc(C(N)=O)c(C)c1. The highest BCUT2D eigenvalue weighted by Gasteiger charge is 2.19. The largest absolute Gasteiger partial charge is 0.492 e. The number of nitrogens with two attached hydrogens (primary N) is 1. The molecule has 1 aromatic heterocycles. The number of benzene rings is 2. The van der Waals surface area contributed by atoms with Gasteiger partial charge in [0.05, 0.1) is 6.61 Å². The highest BCUT2D eigenvalue weighted by molar-refractivity contribution is 7.17. The minimum absolute atomic E-state index is 0.253. The summed E-state index contributed by atoms with van der Waals surface area (Å²) in [5.74, 6) is -0.184. The Morgan fingerprint density at radius 2 is 1.85 bits per heavy atom. The van der Waals surface area contributed by atoms with Crippen molar-refractivity contribution in [2.75, 3.05) is 11.9 Å². The number of aryl methyl sites for hydroxylation is 1. The van der Waals surface area contributed by atoms with E-state index in [9.17, 15) is 9.59 Å². The molecule has 0 fully saturated rings. The topological polar surface area (TPSA) is 81.4 Å². The number of rotatable bonds is 6. The number of ether oxygens (including phenoxy) is 1. The second-order valence-electron chi connectivity index (χ2n) is 5.95. The number of anilines is 1. The summed E-state index contributed by atoms with van der Waals surface area (Å²) in [5, 5.41) is 2.87. The number of carbonyl (C=O) groups excluding carboxylic acids is 2. The van der Waals surface area contributed by atoms with Crippen molar-refractivity contribution >= 4 is 28.8 Å². The smallest absolute Gasteiger partial charge is 0.269 e. The van der Waals surface area contributed by atoms with E-state index in [4.69, 9.17) is 10.5 Å². The van der Waals surface area contributed by atoms with Crippen molar-refractivity contribution in [3.8, 4) is 16.2 Å². The maximum atomic E-state index is 12.8. The number of amides is 2. The van der Waals surface area contributed by atoms with Crippen molar-refractivity contribution < 1.29 is 14.3 Å². The van der Waals surface area contributed by atoms with Gasteiger partial charge in [-0.15, -0.1) is 11.3 Å². The van der Waals surface area contributed by atoms with E-state index >= 15 is 0 Å². The Labute approximate surface area is 161 Å². The standard InChI is InChI=1S/C21H20N2O3S/c1-3-26-17-12-18(14-7-5-4-6-8-14)27-19(17)21(25)23-15-9-10-16(20(22)24)13(2)11-15/h4-12H,3H2,1-2H3,(H2,22,24)(H,23,25). The van der Waals surface area contributed by atoms with Crippen LogP contribution >= 0.6 is 11.3 Å². The minimum Gasteiger partial charge on any atom is -0.492 e. The first kappa shape index (κ1) is 18.7. The fraction of sp³-hybridized carbons (Fsp3) is 0.143. The average Bonchev–Trinajstić information content (AvgIpc) is 3.07. The molecule has 0 saturated carbocycles. The van der Waals surface area contributed by atoms with Gasteiger partial charge in [0.15, 0.2) is 0 Å². The lowest BCUT2D eigenvalue weighted by molar-refractivity contribution is 0.0997. The number of hydrogen-bond donors (Lipinski definition) is 2. The van der Waals surface area contributed by atoms with Crippen LogP contribution in [0.4, 0.5) is 5.69 Å². The van der Waals surface area contributed by atoms with Gasteiger partial charge in [0, 0.05) is 16.1 Å². The molecule has 0 aliphatic heterocycles. The second-order valence-corrected chi connectivity index (χ2v) is 7.00. The monoisotopic (exact) mass is 380 g/mol. The van der Waals surface area contributed by atoms with Crippen molar-refractivity contribution in [3.05, 3.63) is 70.6 Å². The molecule has 0 bridgehead atoms. The zero-order valence-electron chi connectivity index (χ0n) is 15.1. The van der Waals surface area contributed by atoms with E-state index in [-0.39, 0.29) is 5.91 Å². The van der Waals surface area contributed by atoms with Gasteiger partial charge < -0.3 is 15.8 Å². The van der Waals surface area contributed by atoms with Crippen molar-refractivity contribution in [1.29, 1.82) is 0 Å². The molecule has 0 saturated heterocycles. The number of primary amides is 1. The fourth-order valence-electron chi connectivity index (χ4n) is 2.75. The van der Waals surface area contributed by atoms with Gasteiger partial charge in [-0.3, -0.25) is 9.59 Å². The molecule has 2 amide bonds. The van der Waals surface area contributed by atoms with Crippen LogP contribution in [0.2, 0.25) is 0 Å². The maximum absolute atomic E-state index is 12.8. The second kappa shape index (κ2) is 8.05. The van der Waals surface area contributed by atoms with Gasteiger partial charge in [-0.25, -0.2) is 0 Å². The van der Waals surface area contributed by atoms with Gasteiger partial charge >= 0.3 is 0 Å². The van der Waals surface area contributed by atoms with Crippen LogP contribution in [0, 0.1) is 6.92 Å². The van der Waals surface area contributed by atoms with Gasteiger partial charge in [-0.1, -0.05) is 30.3 Å². The van der Waals surface area contributed by atoms with Crippen LogP contribution in [-0.4, -0.2) is 18.4 Å². The minimum atomic E-state index is -0.491. The molecular weight excluding hydrogens is 360 g/mol. The van der Waals surface area contributed by atoms with E-state index in [0.717, 1.165) is 10.4 Å². The van der Waals surface area contributed by atoms with Gasteiger partial charge in [0.2, 0.25) is 5.91 Å². The molecule has 6 heteroatoms. The normalized spacial score (nSPS) is 10.4. The number of hydrogen-bond acceptors (Lipinski definition) is 4. The summed E-state index contributed by atoms with van der Waals surface area (Å²) >= 11 is 1.38. The van der Waals surface area contributed by atoms with E-state index in [1.807, 2.05) is 43.3 Å². The molecule has 0 spiro atoms. The molecule has 3 aromatic rings. The van der Waals surface area contributed by atoms with E-state index in [1.54, 1.807) is 25.1 Å². The summed E-state index contributed by atoms with van der Waals surface area (Å²) in [6.45, 7) is 4.13. The highest BCUT2D eigenvalue weighted by atomic mass is 32.1. The van der Waals surface area contributed by atoms with Crippen LogP contribution in [0.3, 0.4) is 0 Å². The fourth-order valence-corrected chi connectivity index (χ4v) is 3.75. The summed E-state index contributed by atoms with van der Waals surface area (Å²) in [6.07, 6.45) is 0. The predicted molar refractivity (Wildman–Crippen MR) is 109 cm³/mol. The van der Waals surface area contributed by atoms with E-state index < -0.39 is 5.91 Å². The van der Waals surface area contributed by atoms with Gasteiger partial charge in [-0.05, 0) is 49.2 Å². The number of thiophene rings is 1. The Hall–Kier alpha value is -3.12. The van der Waals surface area contributed by atoms with Crippen molar-refractivity contribution in [1.82, 2.24) is 0 Å². The van der Waals surface area contributed by atoms with Crippen LogP contribution in [-0.2, 0) is 0 Å². The van der Waals surface area contributed by atoms with Crippen LogP contribution in [0.25, 0.3) is 10.4 Å². The van der Waals surface area contributed by atoms with E-state index in [1.165, 1.54) is 11.3 Å². The van der Waals surface area contributed by atoms with Gasteiger partial charge in [-0.2, -0.15) is 0 Å². The van der Waals surface area contributed by atoms with Crippen LogP contribution < -0.4 is 15.8 Å². The summed E-state index contributed by atoms with van der Waals surface area (Å²) < 4.78 is 5.66. The third-order valence-electron chi connectivity index (χ3n) is 4.01. The maximum Gasteiger partial charge on any atom is 0.269 e. The van der Waals surface area contributed by atoms with Crippen molar-refractivity contribution in [2.45, 2.75) is 13.8 Å². The molecule has 1 heterocycles. The molecule has 3 N–H and O–H groups in total. The molecule has 0 unspecified atom stereocenters. The Balaban J connectivity index is 1.88. The van der Waals surface area contributed by atoms with Crippen LogP contribution in [0.15, 0.2) is 54.6 Å². The Bertz CT molecular complexity index is 980. The van der Waals surface area contributed by atoms with Crippen LogP contribution in [0.1, 0.15) is 32.5 Å². The third-order valence-corrected chi connectivity index (χ3v) is 5.18. The molecule has 3 rings (SSSR count). The molecule has 0 radical (unpaired) electrons. The average molecular weight is 380 g/mol. The van der Waals surface area contributed by atoms with Crippen molar-refractivity contribution in [2.24, 2.45) is 5.73 Å². The van der Waals surface area contributed by atoms with Gasteiger partial charge in [0.1, 0.15) is 10.6 Å². The summed E-state index contributed by atoms with van der Waals surface area (Å²) in [6, 6.07) is 16.7. The molecular formula is C21H20N2O3S. The predicted octanol–water partition coefficient (Wildman–Crippen LogP) is 4.47. The lowest BCUT2D eigenvalue weighted by Crippen LogP contribution is -2.14. The molecule has 27 heavy (non-hydrogen) atoms. The Morgan fingerprint density at radius 3 is 2.48 bits per heavy atom. The molecule has 2 aromatic carbocycles. The van der Waals surface area contributed by atoms with Crippen molar-refractivity contribution in [3.63, 3.8) is 0 Å². The zero-order chi connectivity index (χ0) is 19.4. The number of nitrogens with one attached hydrogen (secondary N) is 1. The quantitative estimate of drug-likeness (QED) is 0.662. The molecule has 5 nitrogen and oxygen atoms in total. The summed E-state index contributed by atoms with van der Waals surface area (Å²) in [4.78, 5) is 25.6. The first-order chi connectivity index (χ1) is 13.0.